The normalized spacial score (nSPS) is 30.3. The topological polar surface area (TPSA) is 69.6 Å². The van der Waals surface area contributed by atoms with E-state index >= 15 is 0 Å². The molecule has 2 N–H and O–H groups in total. The molecule has 2 rings (SSSR count). The Balaban J connectivity index is 1.76. The fourth-order valence-corrected chi connectivity index (χ4v) is 2.57. The summed E-state index contributed by atoms with van der Waals surface area (Å²) in [5.41, 5.74) is 0. The molecule has 0 aromatic rings. The van der Waals surface area contributed by atoms with Gasteiger partial charge in [0, 0.05) is 19.5 Å². The van der Waals surface area contributed by atoms with E-state index in [4.69, 9.17) is 5.11 Å². The maximum Gasteiger partial charge on any atom is 0.406 e. The third kappa shape index (κ3) is 3.84. The predicted molar refractivity (Wildman–Crippen MR) is 62.5 cm³/mol. The van der Waals surface area contributed by atoms with Crippen LogP contribution in [0.4, 0.5) is 13.2 Å². The van der Waals surface area contributed by atoms with E-state index in [-0.39, 0.29) is 30.9 Å². The lowest BCUT2D eigenvalue weighted by molar-refractivity contribution is -0.157. The molecule has 0 aromatic carbocycles. The Labute approximate surface area is 114 Å². The Bertz CT molecular complexity index is 394. The van der Waals surface area contributed by atoms with Crippen LogP contribution in [0.15, 0.2) is 0 Å². The fourth-order valence-electron chi connectivity index (χ4n) is 2.57. The Morgan fingerprint density at radius 1 is 1.40 bits per heavy atom. The van der Waals surface area contributed by atoms with Crippen LogP contribution >= 0.6 is 0 Å². The number of halogens is 3. The van der Waals surface area contributed by atoms with Crippen molar-refractivity contribution < 1.29 is 27.9 Å². The molecule has 2 aliphatic rings. The monoisotopic (exact) mass is 294 g/mol. The van der Waals surface area contributed by atoms with Crippen LogP contribution in [0.3, 0.4) is 0 Å². The van der Waals surface area contributed by atoms with E-state index in [0.717, 1.165) is 0 Å². The van der Waals surface area contributed by atoms with E-state index < -0.39 is 24.5 Å². The molecule has 1 atom stereocenters. The molecule has 1 aliphatic carbocycles. The van der Waals surface area contributed by atoms with Gasteiger partial charge in [-0.1, -0.05) is 0 Å². The fraction of sp³-hybridized carbons (Fsp3) is 0.833. The minimum atomic E-state index is -4.44. The van der Waals surface area contributed by atoms with Crippen molar-refractivity contribution in [1.29, 1.82) is 0 Å². The number of hydrogen-bond acceptors (Lipinski definition) is 3. The van der Waals surface area contributed by atoms with Crippen molar-refractivity contribution in [3.8, 4) is 0 Å². The predicted octanol–water partition coefficient (Wildman–Crippen LogP) is 0.284. The molecule has 114 valence electrons. The average molecular weight is 294 g/mol. The quantitative estimate of drug-likeness (QED) is 0.783. The van der Waals surface area contributed by atoms with Crippen molar-refractivity contribution in [1.82, 2.24) is 10.2 Å². The third-order valence-corrected chi connectivity index (χ3v) is 3.73. The Kier molecular flexibility index (Phi) is 4.22. The maximum atomic E-state index is 12.2. The summed E-state index contributed by atoms with van der Waals surface area (Å²) in [6.07, 6.45) is -3.67. The van der Waals surface area contributed by atoms with Gasteiger partial charge >= 0.3 is 6.18 Å². The highest BCUT2D eigenvalue weighted by Crippen LogP contribution is 2.27. The van der Waals surface area contributed by atoms with Crippen LogP contribution in [-0.2, 0) is 9.59 Å². The van der Waals surface area contributed by atoms with Crippen LogP contribution in [0.1, 0.15) is 19.3 Å². The average Bonchev–Trinajstić information content (AvgIpc) is 2.62. The van der Waals surface area contributed by atoms with Gasteiger partial charge < -0.3 is 15.3 Å². The Morgan fingerprint density at radius 2 is 2.05 bits per heavy atom. The summed E-state index contributed by atoms with van der Waals surface area (Å²) in [6, 6.07) is 0. The lowest BCUT2D eigenvalue weighted by Gasteiger charge is -2.31. The molecule has 5 nitrogen and oxygen atoms in total. The standard InChI is InChI=1S/C12H17F3N2O3/c13-12(14,15)6-17-5-8(3-10(17)19)11(20)16-4-7-1-9(18)2-7/h7-9,18H,1-6H2,(H,16,20). The van der Waals surface area contributed by atoms with Gasteiger partial charge in [0.1, 0.15) is 6.54 Å². The van der Waals surface area contributed by atoms with Gasteiger partial charge in [-0.15, -0.1) is 0 Å². The third-order valence-electron chi connectivity index (χ3n) is 3.73. The van der Waals surface area contributed by atoms with Crippen LogP contribution in [0, 0.1) is 11.8 Å². The SMILES string of the molecule is O=C(NCC1CC(O)C1)C1CC(=O)N(CC(F)(F)F)C1. The number of aliphatic hydroxyl groups is 1. The highest BCUT2D eigenvalue weighted by atomic mass is 19.4. The van der Waals surface area contributed by atoms with E-state index in [0.29, 0.717) is 24.3 Å². The summed E-state index contributed by atoms with van der Waals surface area (Å²) in [6.45, 7) is -1.08. The largest absolute Gasteiger partial charge is 0.406 e. The summed E-state index contributed by atoms with van der Waals surface area (Å²) in [4.78, 5) is 23.9. The molecule has 20 heavy (non-hydrogen) atoms. The number of aliphatic hydroxyl groups excluding tert-OH is 1. The first-order chi connectivity index (χ1) is 9.24. The number of hydrogen-bond donors (Lipinski definition) is 2. The molecular formula is C12H17F3N2O3. The van der Waals surface area contributed by atoms with Crippen molar-refractivity contribution in [3.63, 3.8) is 0 Å². The molecule has 0 spiro atoms. The Morgan fingerprint density at radius 3 is 2.60 bits per heavy atom. The van der Waals surface area contributed by atoms with Crippen LogP contribution in [0.5, 0.6) is 0 Å². The smallest absolute Gasteiger partial charge is 0.393 e. The van der Waals surface area contributed by atoms with Gasteiger partial charge in [0.15, 0.2) is 0 Å². The van der Waals surface area contributed by atoms with E-state index in [1.54, 1.807) is 0 Å². The van der Waals surface area contributed by atoms with Gasteiger partial charge in [-0.25, -0.2) is 0 Å². The van der Waals surface area contributed by atoms with Gasteiger partial charge in [-0.2, -0.15) is 13.2 Å². The number of carbonyl (C=O) groups is 2. The second-order valence-corrected chi connectivity index (χ2v) is 5.53. The van der Waals surface area contributed by atoms with Crippen molar-refractivity contribution in [2.24, 2.45) is 11.8 Å². The van der Waals surface area contributed by atoms with Crippen LogP contribution < -0.4 is 5.32 Å². The molecule has 0 aromatic heterocycles. The summed E-state index contributed by atoms with van der Waals surface area (Å²) in [5.74, 6) is -1.52. The molecule has 1 saturated carbocycles. The van der Waals surface area contributed by atoms with Crippen molar-refractivity contribution in [3.05, 3.63) is 0 Å². The summed E-state index contributed by atoms with van der Waals surface area (Å²) in [7, 11) is 0. The molecular weight excluding hydrogens is 277 g/mol. The highest BCUT2D eigenvalue weighted by Gasteiger charge is 2.40. The zero-order valence-electron chi connectivity index (χ0n) is 10.8. The Hall–Kier alpha value is -1.31. The van der Waals surface area contributed by atoms with Crippen molar-refractivity contribution >= 4 is 11.8 Å². The molecule has 1 aliphatic heterocycles. The number of alkyl halides is 3. The molecule has 0 radical (unpaired) electrons. The van der Waals surface area contributed by atoms with Gasteiger partial charge in [0.2, 0.25) is 11.8 Å². The minimum Gasteiger partial charge on any atom is -0.393 e. The molecule has 1 saturated heterocycles. The number of rotatable bonds is 4. The number of carbonyl (C=O) groups excluding carboxylic acids is 2. The molecule has 1 heterocycles. The zero-order chi connectivity index (χ0) is 14.9. The van der Waals surface area contributed by atoms with E-state index in [9.17, 15) is 22.8 Å². The first-order valence-corrected chi connectivity index (χ1v) is 6.55. The lowest BCUT2D eigenvalue weighted by Crippen LogP contribution is -2.41. The summed E-state index contributed by atoms with van der Waals surface area (Å²) < 4.78 is 36.7. The maximum absolute atomic E-state index is 12.2. The van der Waals surface area contributed by atoms with Gasteiger partial charge in [0.25, 0.3) is 0 Å². The van der Waals surface area contributed by atoms with Gasteiger partial charge in [0.05, 0.1) is 12.0 Å². The molecule has 1 unspecified atom stereocenters. The van der Waals surface area contributed by atoms with E-state index in [2.05, 4.69) is 5.32 Å². The summed E-state index contributed by atoms with van der Waals surface area (Å²) in [5, 5.41) is 11.7. The number of nitrogens with one attached hydrogen (secondary N) is 1. The highest BCUT2D eigenvalue weighted by molar-refractivity contribution is 5.89. The van der Waals surface area contributed by atoms with Gasteiger partial charge in [-0.3, -0.25) is 9.59 Å². The molecule has 0 bridgehead atoms. The lowest BCUT2D eigenvalue weighted by atomic mass is 9.82. The minimum absolute atomic E-state index is 0.171. The van der Waals surface area contributed by atoms with E-state index in [1.807, 2.05) is 0 Å². The summed E-state index contributed by atoms with van der Waals surface area (Å²) >= 11 is 0. The van der Waals surface area contributed by atoms with Crippen LogP contribution in [0.25, 0.3) is 0 Å². The number of nitrogens with zero attached hydrogens (tertiary/aromatic N) is 1. The van der Waals surface area contributed by atoms with Crippen LogP contribution in [-0.4, -0.2) is 53.7 Å². The second kappa shape index (κ2) is 5.59. The second-order valence-electron chi connectivity index (χ2n) is 5.53. The number of likely N-dealkylation sites (tertiary alicyclic amines) is 1. The number of amides is 2. The molecule has 2 fully saturated rings. The first kappa shape index (κ1) is 15.1. The zero-order valence-corrected chi connectivity index (χ0v) is 10.8. The first-order valence-electron chi connectivity index (χ1n) is 6.55. The van der Waals surface area contributed by atoms with Crippen molar-refractivity contribution in [2.45, 2.75) is 31.5 Å². The van der Waals surface area contributed by atoms with Crippen LogP contribution in [0.2, 0.25) is 0 Å². The van der Waals surface area contributed by atoms with E-state index in [1.165, 1.54) is 0 Å². The van der Waals surface area contributed by atoms with Crippen molar-refractivity contribution in [2.75, 3.05) is 19.6 Å². The van der Waals surface area contributed by atoms with Gasteiger partial charge in [-0.05, 0) is 18.8 Å². The molecule has 8 heteroatoms. The molecule has 2 amide bonds.